The van der Waals surface area contributed by atoms with E-state index < -0.39 is 0 Å². The number of aryl methyl sites for hydroxylation is 1. The van der Waals surface area contributed by atoms with Crippen molar-refractivity contribution in [3.8, 4) is 0 Å². The Morgan fingerprint density at radius 1 is 1.14 bits per heavy atom. The van der Waals surface area contributed by atoms with Crippen LogP contribution in [0.1, 0.15) is 55.3 Å². The van der Waals surface area contributed by atoms with Crippen LogP contribution in [0.3, 0.4) is 0 Å². The Hall–Kier alpha value is -1.65. The Kier molecular flexibility index (Phi) is 3.83. The van der Waals surface area contributed by atoms with Crippen molar-refractivity contribution in [3.63, 3.8) is 0 Å². The SMILES string of the molecule is Cc1nnc(N2CCCC2C2CCCC2)c(C(=N)N)c1C. The minimum absolute atomic E-state index is 0.109. The lowest BCUT2D eigenvalue weighted by Gasteiger charge is -2.31. The molecule has 0 spiro atoms. The first-order valence-electron chi connectivity index (χ1n) is 8.04. The summed E-state index contributed by atoms with van der Waals surface area (Å²) in [6, 6.07) is 0.557. The molecule has 0 radical (unpaired) electrons. The van der Waals surface area contributed by atoms with Gasteiger partial charge < -0.3 is 10.6 Å². The first-order chi connectivity index (χ1) is 10.1. The van der Waals surface area contributed by atoms with Crippen LogP contribution in [0.4, 0.5) is 5.82 Å². The van der Waals surface area contributed by atoms with Crippen molar-refractivity contribution in [1.29, 1.82) is 5.41 Å². The lowest BCUT2D eigenvalue weighted by Crippen LogP contribution is -2.37. The van der Waals surface area contributed by atoms with E-state index in [-0.39, 0.29) is 5.84 Å². The van der Waals surface area contributed by atoms with E-state index in [2.05, 4.69) is 15.1 Å². The molecule has 5 nitrogen and oxygen atoms in total. The van der Waals surface area contributed by atoms with Gasteiger partial charge in [-0.2, -0.15) is 5.10 Å². The van der Waals surface area contributed by atoms with Crippen LogP contribution >= 0.6 is 0 Å². The fourth-order valence-corrected chi connectivity index (χ4v) is 4.01. The molecule has 21 heavy (non-hydrogen) atoms. The number of amidine groups is 1. The van der Waals surface area contributed by atoms with Crippen LogP contribution in [0.15, 0.2) is 0 Å². The Bertz CT molecular complexity index is 548. The Morgan fingerprint density at radius 3 is 2.52 bits per heavy atom. The summed E-state index contributed by atoms with van der Waals surface area (Å²) in [5.41, 5.74) is 8.48. The summed E-state index contributed by atoms with van der Waals surface area (Å²) in [5.74, 6) is 1.72. The van der Waals surface area contributed by atoms with Crippen LogP contribution in [0, 0.1) is 25.2 Å². The van der Waals surface area contributed by atoms with Crippen LogP contribution in [0.25, 0.3) is 0 Å². The smallest absolute Gasteiger partial charge is 0.162 e. The summed E-state index contributed by atoms with van der Waals surface area (Å²) in [6.07, 6.45) is 7.80. The maximum absolute atomic E-state index is 7.94. The van der Waals surface area contributed by atoms with Crippen LogP contribution in [0.5, 0.6) is 0 Å². The van der Waals surface area contributed by atoms with Crippen LogP contribution < -0.4 is 10.6 Å². The quantitative estimate of drug-likeness (QED) is 0.661. The summed E-state index contributed by atoms with van der Waals surface area (Å²) < 4.78 is 0. The third kappa shape index (κ3) is 2.49. The normalized spacial score (nSPS) is 23.0. The van der Waals surface area contributed by atoms with Crippen molar-refractivity contribution >= 4 is 11.7 Å². The van der Waals surface area contributed by atoms with Crippen LogP contribution in [-0.4, -0.2) is 28.6 Å². The molecule has 1 unspecified atom stereocenters. The molecule has 2 fully saturated rings. The summed E-state index contributed by atoms with van der Waals surface area (Å²) >= 11 is 0. The number of nitrogen functional groups attached to an aromatic ring is 1. The summed E-state index contributed by atoms with van der Waals surface area (Å²) in [4.78, 5) is 2.38. The standard InChI is InChI=1S/C16H25N5/c1-10-11(2)19-20-16(14(10)15(17)18)21-9-5-8-13(21)12-6-3-4-7-12/h12-13H,3-9H2,1-2H3,(H3,17,18). The largest absolute Gasteiger partial charge is 0.384 e. The van der Waals surface area contributed by atoms with E-state index in [4.69, 9.17) is 11.1 Å². The number of hydrogen-bond acceptors (Lipinski definition) is 4. The molecule has 1 saturated carbocycles. The maximum Gasteiger partial charge on any atom is 0.162 e. The van der Waals surface area contributed by atoms with E-state index in [0.29, 0.717) is 6.04 Å². The average Bonchev–Trinajstić information content (AvgIpc) is 3.10. The van der Waals surface area contributed by atoms with Gasteiger partial charge in [0.2, 0.25) is 0 Å². The Labute approximate surface area is 126 Å². The highest BCUT2D eigenvalue weighted by Gasteiger charge is 2.35. The molecular formula is C16H25N5. The maximum atomic E-state index is 7.94. The van der Waals surface area contributed by atoms with Gasteiger partial charge in [0.25, 0.3) is 0 Å². The van der Waals surface area contributed by atoms with Gasteiger partial charge in [0.05, 0.1) is 11.3 Å². The minimum Gasteiger partial charge on any atom is -0.384 e. The molecule has 1 aromatic heterocycles. The number of aromatic nitrogens is 2. The van der Waals surface area contributed by atoms with Gasteiger partial charge in [-0.25, -0.2) is 0 Å². The van der Waals surface area contributed by atoms with E-state index in [0.717, 1.165) is 35.1 Å². The molecule has 1 aromatic rings. The Balaban J connectivity index is 1.99. The third-order valence-electron chi connectivity index (χ3n) is 5.22. The van der Waals surface area contributed by atoms with Crippen molar-refractivity contribution in [3.05, 3.63) is 16.8 Å². The predicted octanol–water partition coefficient (Wildman–Crippen LogP) is 2.54. The molecule has 0 amide bonds. The molecule has 3 rings (SSSR count). The molecule has 3 N–H and O–H groups in total. The molecule has 1 aliphatic heterocycles. The zero-order valence-electron chi connectivity index (χ0n) is 13.0. The van der Waals surface area contributed by atoms with Crippen molar-refractivity contribution in [2.75, 3.05) is 11.4 Å². The predicted molar refractivity (Wildman–Crippen MR) is 84.8 cm³/mol. The number of nitrogens with two attached hydrogens (primary N) is 1. The van der Waals surface area contributed by atoms with Crippen molar-refractivity contribution in [1.82, 2.24) is 10.2 Å². The second-order valence-corrected chi connectivity index (χ2v) is 6.47. The van der Waals surface area contributed by atoms with Gasteiger partial charge in [-0.1, -0.05) is 12.8 Å². The molecule has 0 bridgehead atoms. The number of nitrogens with one attached hydrogen (secondary N) is 1. The lowest BCUT2D eigenvalue weighted by molar-refractivity contribution is 0.428. The average molecular weight is 287 g/mol. The summed E-state index contributed by atoms with van der Waals surface area (Å²) in [5, 5.41) is 16.6. The zero-order valence-corrected chi connectivity index (χ0v) is 13.0. The lowest BCUT2D eigenvalue weighted by atomic mass is 9.95. The number of anilines is 1. The fraction of sp³-hybridized carbons (Fsp3) is 0.688. The first-order valence-corrected chi connectivity index (χ1v) is 8.04. The fourth-order valence-electron chi connectivity index (χ4n) is 4.01. The highest BCUT2D eigenvalue weighted by Crippen LogP contribution is 2.38. The molecular weight excluding hydrogens is 262 g/mol. The van der Waals surface area contributed by atoms with Gasteiger partial charge in [0, 0.05) is 12.6 Å². The molecule has 1 saturated heterocycles. The van der Waals surface area contributed by atoms with Gasteiger partial charge in [-0.15, -0.1) is 5.10 Å². The highest BCUT2D eigenvalue weighted by atomic mass is 15.3. The third-order valence-corrected chi connectivity index (χ3v) is 5.22. The Morgan fingerprint density at radius 2 is 1.86 bits per heavy atom. The molecule has 1 aliphatic carbocycles. The second-order valence-electron chi connectivity index (χ2n) is 6.47. The topological polar surface area (TPSA) is 78.9 Å². The molecule has 2 heterocycles. The zero-order chi connectivity index (χ0) is 15.0. The van der Waals surface area contributed by atoms with E-state index in [1.165, 1.54) is 38.5 Å². The van der Waals surface area contributed by atoms with E-state index >= 15 is 0 Å². The minimum atomic E-state index is 0.109. The van der Waals surface area contributed by atoms with E-state index in [9.17, 15) is 0 Å². The van der Waals surface area contributed by atoms with Gasteiger partial charge >= 0.3 is 0 Å². The van der Waals surface area contributed by atoms with E-state index in [1.54, 1.807) is 0 Å². The summed E-state index contributed by atoms with van der Waals surface area (Å²) in [7, 11) is 0. The monoisotopic (exact) mass is 287 g/mol. The van der Waals surface area contributed by atoms with Gasteiger partial charge in [-0.05, 0) is 51.0 Å². The van der Waals surface area contributed by atoms with Gasteiger partial charge in [0.15, 0.2) is 5.82 Å². The van der Waals surface area contributed by atoms with Gasteiger partial charge in [-0.3, -0.25) is 5.41 Å². The van der Waals surface area contributed by atoms with Gasteiger partial charge in [0.1, 0.15) is 5.84 Å². The van der Waals surface area contributed by atoms with Crippen LogP contribution in [-0.2, 0) is 0 Å². The number of hydrogen-bond donors (Lipinski definition) is 2. The van der Waals surface area contributed by atoms with Crippen LogP contribution in [0.2, 0.25) is 0 Å². The van der Waals surface area contributed by atoms with E-state index in [1.807, 2.05) is 13.8 Å². The summed E-state index contributed by atoms with van der Waals surface area (Å²) in [6.45, 7) is 4.93. The molecule has 2 aliphatic rings. The molecule has 114 valence electrons. The van der Waals surface area contributed by atoms with Crippen molar-refractivity contribution < 1.29 is 0 Å². The molecule has 1 atom stereocenters. The highest BCUT2D eigenvalue weighted by molar-refractivity contribution is 6.01. The number of nitrogens with zero attached hydrogens (tertiary/aromatic N) is 3. The first kappa shape index (κ1) is 14.3. The second kappa shape index (κ2) is 5.62. The molecule has 0 aromatic carbocycles. The number of rotatable bonds is 3. The van der Waals surface area contributed by atoms with Crippen molar-refractivity contribution in [2.45, 2.75) is 58.4 Å². The van der Waals surface area contributed by atoms with Crippen molar-refractivity contribution in [2.24, 2.45) is 11.7 Å². The molecule has 5 heteroatoms.